The first-order valence-electron chi connectivity index (χ1n) is 5.64. The van der Waals surface area contributed by atoms with Gasteiger partial charge in [-0.1, -0.05) is 25.2 Å². The van der Waals surface area contributed by atoms with E-state index in [1.54, 1.807) is 6.08 Å². The van der Waals surface area contributed by atoms with E-state index in [-0.39, 0.29) is 11.5 Å². The van der Waals surface area contributed by atoms with Crippen LogP contribution in [0.25, 0.3) is 0 Å². The second-order valence-electron chi connectivity index (χ2n) is 4.92. The molecule has 0 saturated carbocycles. The molecule has 86 valence electrons. The van der Waals surface area contributed by atoms with Crippen LogP contribution in [0.1, 0.15) is 26.2 Å². The molecular weight excluding hydrogens is 186 g/mol. The van der Waals surface area contributed by atoms with Crippen molar-refractivity contribution in [3.63, 3.8) is 0 Å². The molecule has 0 aliphatic heterocycles. The Balaban J connectivity index is 2.87. The Bertz CT molecular complexity index is 247. The predicted octanol–water partition coefficient (Wildman–Crippen LogP) is 2.21. The van der Waals surface area contributed by atoms with Gasteiger partial charge < -0.3 is 10.0 Å². The standard InChI is InChI=1S/C13H23NO/c1-5-8-12(15)13(2)10-7-6-9-11(13)14(3)4/h5-6,9,11-12,15H,1,7-8,10H2,2-4H3/t11-,12+,13+/m1/s1. The van der Waals surface area contributed by atoms with Crippen LogP contribution in [-0.2, 0) is 0 Å². The second kappa shape index (κ2) is 4.95. The zero-order valence-electron chi connectivity index (χ0n) is 10.1. The summed E-state index contributed by atoms with van der Waals surface area (Å²) in [6, 6.07) is 0.321. The average Bonchev–Trinajstić information content (AvgIpc) is 2.18. The van der Waals surface area contributed by atoms with Crippen molar-refractivity contribution in [3.8, 4) is 0 Å². The summed E-state index contributed by atoms with van der Waals surface area (Å²) in [5.74, 6) is 0. The van der Waals surface area contributed by atoms with Crippen LogP contribution in [-0.4, -0.2) is 36.2 Å². The van der Waals surface area contributed by atoms with Crippen LogP contribution >= 0.6 is 0 Å². The normalized spacial score (nSPS) is 33.0. The van der Waals surface area contributed by atoms with Gasteiger partial charge in [0.1, 0.15) is 0 Å². The largest absolute Gasteiger partial charge is 0.392 e. The summed E-state index contributed by atoms with van der Waals surface area (Å²) >= 11 is 0. The summed E-state index contributed by atoms with van der Waals surface area (Å²) in [7, 11) is 4.14. The van der Waals surface area contributed by atoms with E-state index in [0.717, 1.165) is 12.8 Å². The zero-order chi connectivity index (χ0) is 11.5. The Kier molecular flexibility index (Phi) is 4.12. The van der Waals surface area contributed by atoms with E-state index in [0.29, 0.717) is 12.5 Å². The minimum Gasteiger partial charge on any atom is -0.392 e. The van der Waals surface area contributed by atoms with E-state index < -0.39 is 0 Å². The van der Waals surface area contributed by atoms with Crippen molar-refractivity contribution in [3.05, 3.63) is 24.8 Å². The Morgan fingerprint density at radius 2 is 2.33 bits per heavy atom. The molecule has 0 fully saturated rings. The summed E-state index contributed by atoms with van der Waals surface area (Å²) < 4.78 is 0. The Labute approximate surface area is 93.3 Å². The van der Waals surface area contributed by atoms with E-state index in [1.807, 2.05) is 0 Å². The van der Waals surface area contributed by atoms with Crippen molar-refractivity contribution in [2.75, 3.05) is 14.1 Å². The van der Waals surface area contributed by atoms with E-state index >= 15 is 0 Å². The molecule has 1 rings (SSSR count). The molecule has 0 saturated heterocycles. The van der Waals surface area contributed by atoms with Crippen molar-refractivity contribution in [2.45, 2.75) is 38.3 Å². The molecule has 3 atom stereocenters. The molecule has 0 aromatic rings. The Morgan fingerprint density at radius 1 is 1.67 bits per heavy atom. The topological polar surface area (TPSA) is 23.5 Å². The summed E-state index contributed by atoms with van der Waals surface area (Å²) in [6.45, 7) is 5.88. The number of hydrogen-bond acceptors (Lipinski definition) is 2. The lowest BCUT2D eigenvalue weighted by Crippen LogP contribution is -2.49. The van der Waals surface area contributed by atoms with Crippen LogP contribution in [0.5, 0.6) is 0 Å². The zero-order valence-corrected chi connectivity index (χ0v) is 10.1. The molecular formula is C13H23NO. The first-order valence-corrected chi connectivity index (χ1v) is 5.64. The molecule has 1 N–H and O–H groups in total. The van der Waals surface area contributed by atoms with Crippen molar-refractivity contribution < 1.29 is 5.11 Å². The smallest absolute Gasteiger partial charge is 0.0646 e. The van der Waals surface area contributed by atoms with Gasteiger partial charge in [0.2, 0.25) is 0 Å². The fraction of sp³-hybridized carbons (Fsp3) is 0.692. The minimum atomic E-state index is -0.299. The molecule has 0 radical (unpaired) electrons. The highest BCUT2D eigenvalue weighted by atomic mass is 16.3. The fourth-order valence-corrected chi connectivity index (χ4v) is 2.54. The number of nitrogens with zero attached hydrogens (tertiary/aromatic N) is 1. The van der Waals surface area contributed by atoms with Crippen LogP contribution in [0.3, 0.4) is 0 Å². The number of hydrogen-bond donors (Lipinski definition) is 1. The highest BCUT2D eigenvalue weighted by molar-refractivity contribution is 5.10. The number of allylic oxidation sites excluding steroid dienone is 1. The molecule has 0 aromatic carbocycles. The van der Waals surface area contributed by atoms with Crippen LogP contribution in [0, 0.1) is 5.41 Å². The quantitative estimate of drug-likeness (QED) is 0.718. The number of aliphatic hydroxyl groups is 1. The predicted molar refractivity (Wildman–Crippen MR) is 64.8 cm³/mol. The van der Waals surface area contributed by atoms with Crippen molar-refractivity contribution >= 4 is 0 Å². The highest BCUT2D eigenvalue weighted by Crippen LogP contribution is 2.39. The fourth-order valence-electron chi connectivity index (χ4n) is 2.54. The summed E-state index contributed by atoms with van der Waals surface area (Å²) in [6.07, 6.45) is 8.72. The highest BCUT2D eigenvalue weighted by Gasteiger charge is 2.40. The number of rotatable bonds is 4. The maximum absolute atomic E-state index is 10.2. The van der Waals surface area contributed by atoms with Crippen LogP contribution < -0.4 is 0 Å². The lowest BCUT2D eigenvalue weighted by molar-refractivity contribution is -0.0125. The van der Waals surface area contributed by atoms with Gasteiger partial charge in [0, 0.05) is 11.5 Å². The Hall–Kier alpha value is -0.600. The maximum Gasteiger partial charge on any atom is 0.0646 e. The molecule has 1 aliphatic rings. The number of aliphatic hydroxyl groups excluding tert-OH is 1. The van der Waals surface area contributed by atoms with Gasteiger partial charge in [-0.3, -0.25) is 0 Å². The van der Waals surface area contributed by atoms with E-state index in [4.69, 9.17) is 0 Å². The molecule has 15 heavy (non-hydrogen) atoms. The van der Waals surface area contributed by atoms with Gasteiger partial charge in [-0.15, -0.1) is 6.58 Å². The van der Waals surface area contributed by atoms with Gasteiger partial charge in [-0.2, -0.15) is 0 Å². The first-order chi connectivity index (χ1) is 7.02. The third-order valence-corrected chi connectivity index (χ3v) is 3.55. The lowest BCUT2D eigenvalue weighted by atomic mass is 9.69. The summed E-state index contributed by atoms with van der Waals surface area (Å²) in [5.41, 5.74) is -0.0492. The SMILES string of the molecule is C=CC[C@H](O)[C@@]1(C)CCC=C[C@H]1N(C)C. The summed E-state index contributed by atoms with van der Waals surface area (Å²) in [4.78, 5) is 2.18. The number of likely N-dealkylation sites (N-methyl/N-ethyl adjacent to an activating group) is 1. The van der Waals surface area contributed by atoms with Gasteiger partial charge >= 0.3 is 0 Å². The van der Waals surface area contributed by atoms with Crippen molar-refractivity contribution in [1.29, 1.82) is 0 Å². The monoisotopic (exact) mass is 209 g/mol. The minimum absolute atomic E-state index is 0.0492. The first kappa shape index (κ1) is 12.5. The molecule has 2 nitrogen and oxygen atoms in total. The van der Waals surface area contributed by atoms with E-state index in [1.165, 1.54) is 0 Å². The lowest BCUT2D eigenvalue weighted by Gasteiger charge is -2.45. The third kappa shape index (κ3) is 2.50. The van der Waals surface area contributed by atoms with Crippen molar-refractivity contribution in [1.82, 2.24) is 4.90 Å². The maximum atomic E-state index is 10.2. The van der Waals surface area contributed by atoms with Crippen LogP contribution in [0.15, 0.2) is 24.8 Å². The third-order valence-electron chi connectivity index (χ3n) is 3.55. The van der Waals surface area contributed by atoms with Crippen molar-refractivity contribution in [2.24, 2.45) is 5.41 Å². The molecule has 0 amide bonds. The Morgan fingerprint density at radius 3 is 2.87 bits per heavy atom. The molecule has 2 heteroatoms. The summed E-state index contributed by atoms with van der Waals surface area (Å²) in [5, 5.41) is 10.2. The molecule has 0 spiro atoms. The van der Waals surface area contributed by atoms with E-state index in [2.05, 4.69) is 44.6 Å². The van der Waals surface area contributed by atoms with E-state index in [9.17, 15) is 5.11 Å². The average molecular weight is 209 g/mol. The van der Waals surface area contributed by atoms with Crippen LogP contribution in [0.4, 0.5) is 0 Å². The molecule has 0 heterocycles. The van der Waals surface area contributed by atoms with Gasteiger partial charge in [-0.05, 0) is 33.4 Å². The van der Waals surface area contributed by atoms with Crippen LogP contribution in [0.2, 0.25) is 0 Å². The van der Waals surface area contributed by atoms with Gasteiger partial charge in [-0.25, -0.2) is 0 Å². The van der Waals surface area contributed by atoms with Gasteiger partial charge in [0.15, 0.2) is 0 Å². The second-order valence-corrected chi connectivity index (χ2v) is 4.92. The van der Waals surface area contributed by atoms with Gasteiger partial charge in [0.05, 0.1) is 6.10 Å². The molecule has 0 unspecified atom stereocenters. The molecule has 1 aliphatic carbocycles. The molecule has 0 bridgehead atoms. The molecule has 0 aromatic heterocycles. The van der Waals surface area contributed by atoms with Gasteiger partial charge in [0.25, 0.3) is 0 Å².